The van der Waals surface area contributed by atoms with Crippen molar-refractivity contribution in [1.82, 2.24) is 60.5 Å². The van der Waals surface area contributed by atoms with Crippen LogP contribution < -0.4 is 21.3 Å². The summed E-state index contributed by atoms with van der Waals surface area (Å²) in [5.41, 5.74) is 0. The highest BCUT2D eigenvalue weighted by Crippen LogP contribution is 2.26. The van der Waals surface area contributed by atoms with Gasteiger partial charge >= 0.3 is 0 Å². The molecular formula is C70H128N12O13. The second-order valence-corrected chi connectivity index (χ2v) is 28.4. The molecule has 0 aromatic heterocycles. The number of aliphatic hydroxyl groups is 1. The van der Waals surface area contributed by atoms with E-state index in [1.165, 1.54) is 92.6 Å². The Bertz CT molecular complexity index is 2540. The van der Waals surface area contributed by atoms with Crippen molar-refractivity contribution in [3.63, 3.8) is 0 Å². The number of likely N-dealkylation sites (N-methyl/N-ethyl adjacent to an activating group) is 8. The zero-order valence-corrected chi connectivity index (χ0v) is 63.0. The van der Waals surface area contributed by atoms with Crippen LogP contribution in [-0.2, 0) is 57.5 Å². The van der Waals surface area contributed by atoms with E-state index in [9.17, 15) is 24.3 Å². The number of rotatable bonds is 23. The topological polar surface area (TPSA) is 291 Å². The third-order valence-electron chi connectivity index (χ3n) is 18.8. The third kappa shape index (κ3) is 24.7. The number of amides is 11. The molecule has 5 N–H and O–H groups in total. The summed E-state index contributed by atoms with van der Waals surface area (Å²) in [5, 5.41) is 23.5. The summed E-state index contributed by atoms with van der Waals surface area (Å²) in [4.78, 5) is 175. The van der Waals surface area contributed by atoms with Crippen molar-refractivity contribution in [2.75, 3.05) is 82.2 Å². The van der Waals surface area contributed by atoms with E-state index >= 15 is 33.6 Å². The van der Waals surface area contributed by atoms with E-state index in [1.807, 2.05) is 68.4 Å². The minimum absolute atomic E-state index is 0.0232. The molecule has 1 rings (SSSR count). The van der Waals surface area contributed by atoms with Gasteiger partial charge in [0.05, 0.1) is 19.3 Å². The first kappa shape index (κ1) is 86.8. The van der Waals surface area contributed by atoms with Gasteiger partial charge in [-0.3, -0.25) is 52.7 Å². The molecule has 25 nitrogen and oxygen atoms in total. The lowest BCUT2D eigenvalue weighted by molar-refractivity contribution is -0.157. The molecule has 0 spiro atoms. The van der Waals surface area contributed by atoms with Crippen LogP contribution in [0.15, 0.2) is 12.2 Å². The lowest BCUT2D eigenvalue weighted by atomic mass is 9.91. The van der Waals surface area contributed by atoms with Gasteiger partial charge in [0.1, 0.15) is 66.5 Å². The first-order valence-electron chi connectivity index (χ1n) is 34.8. The Labute approximate surface area is 570 Å². The normalized spacial score (nSPS) is 26.5. The van der Waals surface area contributed by atoms with Crippen molar-refractivity contribution in [1.29, 1.82) is 0 Å². The molecule has 1 unspecified atom stereocenters. The summed E-state index contributed by atoms with van der Waals surface area (Å²) in [6.45, 7) is 35.8. The molecule has 14 atom stereocenters. The molecule has 25 heteroatoms. The Morgan fingerprint density at radius 1 is 0.495 bits per heavy atom. The maximum absolute atomic E-state index is 15.4. The quantitative estimate of drug-likeness (QED) is 0.0701. The summed E-state index contributed by atoms with van der Waals surface area (Å²) < 4.78 is 6.21. The van der Waals surface area contributed by atoms with E-state index in [-0.39, 0.29) is 56.7 Å². The summed E-state index contributed by atoms with van der Waals surface area (Å²) in [6, 6.07) is -14.1. The highest BCUT2D eigenvalue weighted by molar-refractivity contribution is 6.00. The Hall–Kier alpha value is -6.21. The number of aliphatic hydroxyl groups excluding tert-OH is 1. The molecule has 1 heterocycles. The fourth-order valence-corrected chi connectivity index (χ4v) is 12.1. The van der Waals surface area contributed by atoms with Crippen LogP contribution in [0.5, 0.6) is 0 Å². The van der Waals surface area contributed by atoms with Crippen LogP contribution in [0.2, 0.25) is 0 Å². The monoisotopic (exact) mass is 1340 g/mol. The van der Waals surface area contributed by atoms with Crippen LogP contribution in [-0.4, -0.2) is 264 Å². The van der Waals surface area contributed by atoms with E-state index in [2.05, 4.69) is 26.2 Å². The fourth-order valence-electron chi connectivity index (χ4n) is 12.1. The van der Waals surface area contributed by atoms with Gasteiger partial charge in [0.15, 0.2) is 0 Å². The number of carbonyl (C=O) groups excluding carboxylic acids is 11. The molecule has 0 bridgehead atoms. The number of hydrogen-bond acceptors (Lipinski definition) is 14. The first-order chi connectivity index (χ1) is 44.2. The fraction of sp³-hybridized carbons (Fsp3) is 0.814. The predicted octanol–water partition coefficient (Wildman–Crippen LogP) is 4.39. The Balaban J connectivity index is 4.58. The standard InChI is InChI=1S/C70H128N12O13/c1-27-32-33-47(17)59(83)58-63(87)73-50(29-3)65(89)78(23)54(40-95-37-36-82(30-4)31-5)68(92)80(25)57(46(16)28-2)62(86)74-55(44(12)13)69(93)76(21)52(38-42(8)9)61(85)71-48(18)60(84)72-49(19)64(88)77(22)53(39-43(10)11)67(91)75(20)51(35-34-41(6)7)66(90)79(24)56(45(14)15)70(94)81(58)26/h27,32,41-59,83H,28-31,33-40H2,1-26H3,(H,71,85)(H,72,84)(H,73,87)(H,74,86)/b32-27+/t46?,47-,48-,49+,50+,51+,52-,53+,54-,55-,56+,57+,58+,59-/m1/s1. The van der Waals surface area contributed by atoms with Gasteiger partial charge in [0, 0.05) is 55.9 Å². The highest BCUT2D eigenvalue weighted by atomic mass is 16.5. The summed E-state index contributed by atoms with van der Waals surface area (Å²) in [5.74, 6) is -10.2. The van der Waals surface area contributed by atoms with Gasteiger partial charge in [0.2, 0.25) is 65.0 Å². The van der Waals surface area contributed by atoms with E-state index in [4.69, 9.17) is 4.74 Å². The molecule has 0 aliphatic carbocycles. The summed E-state index contributed by atoms with van der Waals surface area (Å²) >= 11 is 0. The number of allylic oxidation sites excluding steroid dienone is 2. The van der Waals surface area contributed by atoms with Crippen molar-refractivity contribution >= 4 is 65.0 Å². The average molecular weight is 1350 g/mol. The smallest absolute Gasteiger partial charge is 0.248 e. The Morgan fingerprint density at radius 2 is 0.968 bits per heavy atom. The second kappa shape index (κ2) is 41.1. The van der Waals surface area contributed by atoms with Crippen molar-refractivity contribution in [3.8, 4) is 0 Å². The van der Waals surface area contributed by atoms with Crippen LogP contribution in [0.25, 0.3) is 0 Å². The van der Waals surface area contributed by atoms with Crippen LogP contribution in [0.1, 0.15) is 176 Å². The summed E-state index contributed by atoms with van der Waals surface area (Å²) in [6.07, 6.45) is 3.66. The third-order valence-corrected chi connectivity index (χ3v) is 18.8. The van der Waals surface area contributed by atoms with Crippen molar-refractivity contribution in [2.24, 2.45) is 41.4 Å². The molecule has 0 aromatic rings. The molecule has 1 fully saturated rings. The van der Waals surface area contributed by atoms with Gasteiger partial charge < -0.3 is 70.3 Å². The van der Waals surface area contributed by atoms with Gasteiger partial charge in [0.25, 0.3) is 0 Å². The number of nitrogens with one attached hydrogen (secondary N) is 4. The molecule has 0 radical (unpaired) electrons. The van der Waals surface area contributed by atoms with Gasteiger partial charge in [-0.05, 0) is 114 Å². The van der Waals surface area contributed by atoms with E-state index in [0.717, 1.165) is 18.0 Å². The molecule has 0 saturated carbocycles. The molecule has 1 aliphatic rings. The number of hydrogen-bond donors (Lipinski definition) is 5. The van der Waals surface area contributed by atoms with E-state index in [1.54, 1.807) is 61.5 Å². The molecule has 95 heavy (non-hydrogen) atoms. The van der Waals surface area contributed by atoms with E-state index < -0.39 is 161 Å². The van der Waals surface area contributed by atoms with Crippen LogP contribution in [0.3, 0.4) is 0 Å². The molecule has 1 saturated heterocycles. The van der Waals surface area contributed by atoms with Crippen molar-refractivity contribution < 1.29 is 62.6 Å². The maximum Gasteiger partial charge on any atom is 0.248 e. The summed E-state index contributed by atoms with van der Waals surface area (Å²) in [7, 11) is 10.0. The maximum atomic E-state index is 15.4. The zero-order chi connectivity index (χ0) is 73.4. The molecular weight excluding hydrogens is 1220 g/mol. The van der Waals surface area contributed by atoms with Crippen LogP contribution >= 0.6 is 0 Å². The van der Waals surface area contributed by atoms with Gasteiger partial charge in [-0.1, -0.05) is 129 Å². The minimum Gasteiger partial charge on any atom is -0.390 e. The largest absolute Gasteiger partial charge is 0.390 e. The first-order valence-corrected chi connectivity index (χ1v) is 34.8. The molecule has 546 valence electrons. The number of ether oxygens (including phenoxy) is 1. The van der Waals surface area contributed by atoms with Crippen molar-refractivity contribution in [2.45, 2.75) is 249 Å². The SMILES string of the molecule is C/C=C/C[C@@H](C)[C@@H](O)[C@H]1C(=O)N[C@@H](CC)C(=O)N(C)[C@H](COCCN(CC)CC)C(=O)N(C)[C@@H](C(C)CC)C(=O)N[C@H](C(C)C)C(=O)N(C)[C@H](CC(C)C)C(=O)N[C@H](C)C(=O)N[C@@H](C)C(=O)N(C)[C@@H](CC(C)C)C(=O)N(C)[C@@H](CCC(C)C)C(=O)N(C)[C@@H](C(C)C)C(=O)N1C. The average Bonchev–Trinajstić information content (AvgIpc) is 0.813. The lowest BCUT2D eigenvalue weighted by Crippen LogP contribution is -2.64. The van der Waals surface area contributed by atoms with Gasteiger partial charge in [-0.15, -0.1) is 0 Å². The highest BCUT2D eigenvalue weighted by Gasteiger charge is 2.47. The number of nitrogens with zero attached hydrogens (tertiary/aromatic N) is 8. The Morgan fingerprint density at radius 3 is 1.46 bits per heavy atom. The lowest BCUT2D eigenvalue weighted by Gasteiger charge is -2.41. The molecule has 1 aliphatic heterocycles. The second-order valence-electron chi connectivity index (χ2n) is 28.4. The Kier molecular flexibility index (Phi) is 37.6. The van der Waals surface area contributed by atoms with Crippen LogP contribution in [0, 0.1) is 41.4 Å². The molecule has 0 aromatic carbocycles. The van der Waals surface area contributed by atoms with Gasteiger partial charge in [-0.25, -0.2) is 0 Å². The number of carbonyl (C=O) groups is 11. The van der Waals surface area contributed by atoms with E-state index in [0.29, 0.717) is 25.8 Å². The minimum atomic E-state index is -1.65. The van der Waals surface area contributed by atoms with Gasteiger partial charge in [-0.2, -0.15) is 0 Å². The molecule has 11 amide bonds. The predicted molar refractivity (Wildman–Crippen MR) is 371 cm³/mol. The zero-order valence-electron chi connectivity index (χ0n) is 63.0. The van der Waals surface area contributed by atoms with Crippen LogP contribution in [0.4, 0.5) is 0 Å². The van der Waals surface area contributed by atoms with Crippen molar-refractivity contribution in [3.05, 3.63) is 12.2 Å².